The zero-order valence-electron chi connectivity index (χ0n) is 23.2. The van der Waals surface area contributed by atoms with Gasteiger partial charge in [0.1, 0.15) is 0 Å². The maximum Gasteiger partial charge on any atom is 0.335 e. The molecular weight excluding hydrogens is 550 g/mol. The molecule has 0 bridgehead atoms. The number of ether oxygens (including phenoxy) is 2. The first kappa shape index (κ1) is 29.5. The van der Waals surface area contributed by atoms with E-state index in [4.69, 9.17) is 9.47 Å². The Labute approximate surface area is 249 Å². The van der Waals surface area contributed by atoms with E-state index in [1.165, 1.54) is 6.92 Å². The number of amides is 1. The highest BCUT2D eigenvalue weighted by molar-refractivity contribution is 7.99. The van der Waals surface area contributed by atoms with Gasteiger partial charge in [-0.3, -0.25) is 4.79 Å². The summed E-state index contributed by atoms with van der Waals surface area (Å²) < 4.78 is 12.9. The summed E-state index contributed by atoms with van der Waals surface area (Å²) in [6.07, 6.45) is -0.211. The molecule has 0 radical (unpaired) electrons. The van der Waals surface area contributed by atoms with Gasteiger partial charge >= 0.3 is 5.97 Å². The molecule has 1 saturated heterocycles. The Hall–Kier alpha value is -3.95. The fourth-order valence-electron chi connectivity index (χ4n) is 4.83. The van der Waals surface area contributed by atoms with Gasteiger partial charge in [0.2, 0.25) is 5.91 Å². The second-order valence-electron chi connectivity index (χ2n) is 10.2. The highest BCUT2D eigenvalue weighted by atomic mass is 32.2. The summed E-state index contributed by atoms with van der Waals surface area (Å²) in [6.45, 7) is 1.98. The molecule has 1 amide bonds. The lowest BCUT2D eigenvalue weighted by atomic mass is 9.99. The number of hydrogen-bond donors (Lipinski definition) is 3. The van der Waals surface area contributed by atoms with Gasteiger partial charge in [0.05, 0.1) is 24.4 Å². The molecule has 3 unspecified atom stereocenters. The van der Waals surface area contributed by atoms with Crippen LogP contribution in [0.4, 0.5) is 0 Å². The van der Waals surface area contributed by atoms with Crippen LogP contribution in [-0.2, 0) is 27.4 Å². The summed E-state index contributed by atoms with van der Waals surface area (Å²) in [4.78, 5) is 23.5. The molecular formula is C34H33NO6S. The molecule has 1 heterocycles. The van der Waals surface area contributed by atoms with Crippen LogP contribution >= 0.6 is 11.8 Å². The Morgan fingerprint density at radius 1 is 0.857 bits per heavy atom. The molecule has 4 aromatic carbocycles. The lowest BCUT2D eigenvalue weighted by molar-refractivity contribution is -0.245. The van der Waals surface area contributed by atoms with E-state index in [1.807, 2.05) is 78.9 Å². The number of benzene rings is 4. The number of nitrogens with one attached hydrogen (secondary N) is 1. The van der Waals surface area contributed by atoms with E-state index in [-0.39, 0.29) is 30.3 Å². The number of hydrogen-bond acceptors (Lipinski definition) is 6. The lowest BCUT2D eigenvalue weighted by Gasteiger charge is -2.36. The Morgan fingerprint density at radius 2 is 1.57 bits per heavy atom. The number of rotatable bonds is 10. The third kappa shape index (κ3) is 7.66. The van der Waals surface area contributed by atoms with Crippen LogP contribution in [-0.4, -0.2) is 33.9 Å². The molecule has 3 N–H and O–H groups in total. The third-order valence-corrected chi connectivity index (χ3v) is 8.28. The fourth-order valence-corrected chi connectivity index (χ4v) is 5.75. The van der Waals surface area contributed by atoms with Crippen LogP contribution in [0.5, 0.6) is 0 Å². The minimum absolute atomic E-state index is 0.0139. The fraction of sp³-hybridized carbons (Fsp3) is 0.235. The zero-order chi connectivity index (χ0) is 29.5. The van der Waals surface area contributed by atoms with Crippen molar-refractivity contribution in [2.45, 2.75) is 49.9 Å². The normalized spacial score (nSPS) is 18.4. The largest absolute Gasteiger partial charge is 0.478 e. The van der Waals surface area contributed by atoms with E-state index >= 15 is 0 Å². The predicted molar refractivity (Wildman–Crippen MR) is 162 cm³/mol. The van der Waals surface area contributed by atoms with Crippen molar-refractivity contribution in [2.24, 2.45) is 0 Å². The number of carbonyl (C=O) groups excluding carboxylic acids is 1. The van der Waals surface area contributed by atoms with E-state index in [0.717, 1.165) is 38.3 Å². The van der Waals surface area contributed by atoms with Gasteiger partial charge in [0.25, 0.3) is 0 Å². The Bertz CT molecular complexity index is 1500. The SMILES string of the molecule is CC(=O)NCc1cccc(-c2ccc(C3OC(CSc4ccc(C(=O)O)cc4)CC(c4ccc(CO)cc4)O3)cc2)c1. The highest BCUT2D eigenvalue weighted by Gasteiger charge is 2.32. The number of carboxylic acids is 1. The Morgan fingerprint density at radius 3 is 2.24 bits per heavy atom. The van der Waals surface area contributed by atoms with Gasteiger partial charge in [0.15, 0.2) is 6.29 Å². The summed E-state index contributed by atoms with van der Waals surface area (Å²) in [6, 6.07) is 30.9. The van der Waals surface area contributed by atoms with Crippen molar-refractivity contribution in [1.82, 2.24) is 5.32 Å². The monoisotopic (exact) mass is 583 g/mol. The van der Waals surface area contributed by atoms with Crippen molar-refractivity contribution >= 4 is 23.6 Å². The number of carbonyl (C=O) groups is 2. The molecule has 1 aliphatic heterocycles. The van der Waals surface area contributed by atoms with Crippen molar-refractivity contribution in [3.05, 3.63) is 125 Å². The van der Waals surface area contributed by atoms with E-state index in [0.29, 0.717) is 18.7 Å². The number of aliphatic hydroxyl groups is 1. The average molecular weight is 584 g/mol. The Kier molecular flexibility index (Phi) is 9.71. The minimum atomic E-state index is -0.944. The standard InChI is InChI=1S/C34H33NO6S/c1-22(37)35-19-24-3-2-4-29(17-24)25-9-11-28(12-10-25)34-40-30(21-42-31-15-13-27(14-16-31)33(38)39)18-32(41-34)26-7-5-23(20-36)6-8-26/h2-17,30,32,34,36H,18-21H2,1H3,(H,35,37)(H,38,39). The van der Waals surface area contributed by atoms with Gasteiger partial charge in [-0.2, -0.15) is 0 Å². The molecule has 4 aromatic rings. The smallest absolute Gasteiger partial charge is 0.335 e. The second-order valence-corrected chi connectivity index (χ2v) is 11.3. The average Bonchev–Trinajstić information content (AvgIpc) is 3.03. The number of aromatic carboxylic acids is 1. The summed E-state index contributed by atoms with van der Waals surface area (Å²) >= 11 is 1.62. The third-order valence-electron chi connectivity index (χ3n) is 7.14. The first-order chi connectivity index (χ1) is 20.4. The maximum absolute atomic E-state index is 11.3. The summed E-state index contributed by atoms with van der Waals surface area (Å²) in [5.74, 6) is -0.329. The first-order valence-electron chi connectivity index (χ1n) is 13.8. The van der Waals surface area contributed by atoms with Crippen LogP contribution in [0.2, 0.25) is 0 Å². The lowest BCUT2D eigenvalue weighted by Crippen LogP contribution is -2.31. The molecule has 7 nitrogen and oxygen atoms in total. The van der Waals surface area contributed by atoms with Crippen LogP contribution in [0.25, 0.3) is 11.1 Å². The van der Waals surface area contributed by atoms with Crippen LogP contribution < -0.4 is 5.32 Å². The van der Waals surface area contributed by atoms with Gasteiger partial charge in [-0.25, -0.2) is 4.79 Å². The van der Waals surface area contributed by atoms with Gasteiger partial charge in [-0.05, 0) is 58.1 Å². The number of aliphatic hydroxyl groups excluding tert-OH is 1. The molecule has 0 aliphatic carbocycles. The van der Waals surface area contributed by atoms with Gasteiger partial charge in [-0.15, -0.1) is 11.8 Å². The van der Waals surface area contributed by atoms with E-state index in [1.54, 1.807) is 23.9 Å². The van der Waals surface area contributed by atoms with E-state index in [9.17, 15) is 19.8 Å². The topological polar surface area (TPSA) is 105 Å². The van der Waals surface area contributed by atoms with Crippen molar-refractivity contribution in [1.29, 1.82) is 0 Å². The summed E-state index contributed by atoms with van der Waals surface area (Å²) in [7, 11) is 0. The summed E-state index contributed by atoms with van der Waals surface area (Å²) in [5, 5.41) is 21.5. The van der Waals surface area contributed by atoms with E-state index in [2.05, 4.69) is 11.4 Å². The minimum Gasteiger partial charge on any atom is -0.478 e. The first-order valence-corrected chi connectivity index (χ1v) is 14.8. The van der Waals surface area contributed by atoms with Gasteiger partial charge in [0, 0.05) is 36.1 Å². The van der Waals surface area contributed by atoms with Crippen molar-refractivity contribution in [3.63, 3.8) is 0 Å². The van der Waals surface area contributed by atoms with Crippen LogP contribution in [0.3, 0.4) is 0 Å². The molecule has 0 aromatic heterocycles. The van der Waals surface area contributed by atoms with Crippen molar-refractivity contribution < 1.29 is 29.3 Å². The van der Waals surface area contributed by atoms with Gasteiger partial charge < -0.3 is 25.0 Å². The molecule has 3 atom stereocenters. The zero-order valence-corrected chi connectivity index (χ0v) is 24.1. The molecule has 0 spiro atoms. The quantitative estimate of drug-likeness (QED) is 0.183. The molecule has 1 fully saturated rings. The number of carboxylic acid groups (broad SMARTS) is 1. The van der Waals surface area contributed by atoms with Crippen LogP contribution in [0, 0.1) is 0 Å². The van der Waals surface area contributed by atoms with Gasteiger partial charge in [-0.1, -0.05) is 66.7 Å². The molecule has 0 saturated carbocycles. The molecule has 8 heteroatoms. The summed E-state index contributed by atoms with van der Waals surface area (Å²) in [5.41, 5.74) is 6.16. The number of thioether (sulfide) groups is 1. The molecule has 1 aliphatic rings. The van der Waals surface area contributed by atoms with E-state index < -0.39 is 12.3 Å². The predicted octanol–water partition coefficient (Wildman–Crippen LogP) is 6.52. The highest BCUT2D eigenvalue weighted by Crippen LogP contribution is 2.40. The second kappa shape index (κ2) is 13.8. The molecule has 216 valence electrons. The molecule has 5 rings (SSSR count). The molecule has 42 heavy (non-hydrogen) atoms. The van der Waals surface area contributed by atoms with Crippen LogP contribution in [0.1, 0.15) is 58.4 Å². The van der Waals surface area contributed by atoms with Crippen molar-refractivity contribution in [3.8, 4) is 11.1 Å². The van der Waals surface area contributed by atoms with Crippen molar-refractivity contribution in [2.75, 3.05) is 5.75 Å². The van der Waals surface area contributed by atoms with Crippen LogP contribution in [0.15, 0.2) is 102 Å². The maximum atomic E-state index is 11.3. The Balaban J connectivity index is 1.33.